The predicted molar refractivity (Wildman–Crippen MR) is 118 cm³/mol. The van der Waals surface area contributed by atoms with Crippen LogP contribution in [0.25, 0.3) is 22.3 Å². The molecule has 0 aliphatic carbocycles. The van der Waals surface area contributed by atoms with E-state index in [1.807, 2.05) is 25.3 Å². The van der Waals surface area contributed by atoms with Gasteiger partial charge in [-0.1, -0.05) is 6.07 Å². The summed E-state index contributed by atoms with van der Waals surface area (Å²) in [6.07, 6.45) is 7.18. The Labute approximate surface area is 174 Å². The number of nitrogens with one attached hydrogen (secondary N) is 1. The quantitative estimate of drug-likeness (QED) is 0.569. The molecule has 0 saturated heterocycles. The second-order valence-corrected chi connectivity index (χ2v) is 7.69. The average Bonchev–Trinajstić information content (AvgIpc) is 3.18. The van der Waals surface area contributed by atoms with E-state index < -0.39 is 0 Å². The van der Waals surface area contributed by atoms with Crippen molar-refractivity contribution in [1.82, 2.24) is 24.5 Å². The van der Waals surface area contributed by atoms with Gasteiger partial charge in [-0.2, -0.15) is 0 Å². The Morgan fingerprint density at radius 2 is 2.03 bits per heavy atom. The van der Waals surface area contributed by atoms with E-state index in [2.05, 4.69) is 38.9 Å². The van der Waals surface area contributed by atoms with E-state index in [1.54, 1.807) is 17.0 Å². The van der Waals surface area contributed by atoms with Crippen LogP contribution in [-0.2, 0) is 13.0 Å². The summed E-state index contributed by atoms with van der Waals surface area (Å²) in [6.45, 7) is 6.58. The molecule has 0 radical (unpaired) electrons. The van der Waals surface area contributed by atoms with Crippen LogP contribution >= 0.6 is 0 Å². The van der Waals surface area contributed by atoms with Gasteiger partial charge in [0.05, 0.1) is 11.3 Å². The van der Waals surface area contributed by atoms with Gasteiger partial charge in [-0.3, -0.25) is 14.3 Å². The van der Waals surface area contributed by atoms with E-state index in [-0.39, 0.29) is 5.56 Å². The summed E-state index contributed by atoms with van der Waals surface area (Å²) in [7, 11) is 0. The summed E-state index contributed by atoms with van der Waals surface area (Å²) < 4.78 is 1.78. The van der Waals surface area contributed by atoms with Gasteiger partial charge in [0.2, 0.25) is 5.95 Å². The molecule has 152 valence electrons. The van der Waals surface area contributed by atoms with Crippen molar-refractivity contribution >= 4 is 17.0 Å². The summed E-state index contributed by atoms with van der Waals surface area (Å²) in [5.74, 6) is 0.763. The van der Waals surface area contributed by atoms with Crippen molar-refractivity contribution in [3.63, 3.8) is 0 Å². The number of anilines is 1. The first-order valence-corrected chi connectivity index (χ1v) is 10.4. The van der Waals surface area contributed by atoms with Crippen molar-refractivity contribution in [2.45, 2.75) is 33.2 Å². The minimum Gasteiger partial charge on any atom is -0.346 e. The Morgan fingerprint density at radius 3 is 2.87 bits per heavy atom. The Bertz CT molecular complexity index is 1290. The first kappa shape index (κ1) is 18.5. The SMILES string of the molecule is CCN1CCCn2c1ncc(-c1ccc(Cc3c[nH]c4ncccc34)c(C)n1)c2=O. The summed E-state index contributed by atoms with van der Waals surface area (Å²) in [5.41, 5.74) is 5.35. The Morgan fingerprint density at radius 1 is 1.13 bits per heavy atom. The third-order valence-corrected chi connectivity index (χ3v) is 5.89. The Balaban J connectivity index is 1.49. The Hall–Kier alpha value is -3.48. The van der Waals surface area contributed by atoms with Gasteiger partial charge in [-0.15, -0.1) is 0 Å². The van der Waals surface area contributed by atoms with Crippen LogP contribution in [0.15, 0.2) is 47.7 Å². The van der Waals surface area contributed by atoms with E-state index >= 15 is 0 Å². The molecule has 0 amide bonds. The monoisotopic (exact) mass is 400 g/mol. The minimum absolute atomic E-state index is 0.0134. The van der Waals surface area contributed by atoms with Crippen LogP contribution < -0.4 is 10.5 Å². The lowest BCUT2D eigenvalue weighted by Crippen LogP contribution is -2.38. The topological polar surface area (TPSA) is 79.7 Å². The normalized spacial score (nSPS) is 13.6. The molecule has 0 spiro atoms. The molecule has 5 heterocycles. The van der Waals surface area contributed by atoms with Crippen molar-refractivity contribution < 1.29 is 0 Å². The molecule has 4 aromatic heterocycles. The van der Waals surface area contributed by atoms with E-state index in [0.29, 0.717) is 17.8 Å². The zero-order valence-corrected chi connectivity index (χ0v) is 17.2. The molecule has 7 heteroatoms. The van der Waals surface area contributed by atoms with Gasteiger partial charge >= 0.3 is 0 Å². The third-order valence-electron chi connectivity index (χ3n) is 5.89. The second kappa shape index (κ2) is 7.40. The van der Waals surface area contributed by atoms with Crippen molar-refractivity contribution in [3.8, 4) is 11.3 Å². The molecular weight excluding hydrogens is 376 g/mol. The fourth-order valence-electron chi connectivity index (χ4n) is 4.22. The number of aromatic nitrogens is 5. The number of aryl methyl sites for hydroxylation is 1. The molecule has 5 rings (SSSR count). The molecular formula is C23H24N6O. The molecule has 7 nitrogen and oxygen atoms in total. The number of fused-ring (bicyclic) bond motifs is 2. The molecule has 0 fully saturated rings. The molecule has 0 saturated carbocycles. The highest BCUT2D eigenvalue weighted by atomic mass is 16.1. The number of hydrogen-bond donors (Lipinski definition) is 1. The highest BCUT2D eigenvalue weighted by Gasteiger charge is 2.20. The van der Waals surface area contributed by atoms with Crippen LogP contribution in [0.5, 0.6) is 0 Å². The molecule has 1 aliphatic heterocycles. The lowest BCUT2D eigenvalue weighted by atomic mass is 10.0. The van der Waals surface area contributed by atoms with Crippen molar-refractivity contribution in [3.05, 3.63) is 70.0 Å². The third kappa shape index (κ3) is 3.07. The van der Waals surface area contributed by atoms with Crippen LogP contribution in [0.2, 0.25) is 0 Å². The van der Waals surface area contributed by atoms with E-state index in [0.717, 1.165) is 54.2 Å². The van der Waals surface area contributed by atoms with Gasteiger partial charge in [0.15, 0.2) is 0 Å². The molecule has 1 N–H and O–H groups in total. The van der Waals surface area contributed by atoms with E-state index in [4.69, 9.17) is 4.98 Å². The van der Waals surface area contributed by atoms with Crippen LogP contribution in [0.4, 0.5) is 5.95 Å². The number of pyridine rings is 2. The van der Waals surface area contributed by atoms with Gasteiger partial charge in [0.1, 0.15) is 5.65 Å². The maximum Gasteiger partial charge on any atom is 0.264 e. The summed E-state index contributed by atoms with van der Waals surface area (Å²) in [4.78, 5) is 32.2. The van der Waals surface area contributed by atoms with E-state index in [9.17, 15) is 4.79 Å². The van der Waals surface area contributed by atoms with Crippen molar-refractivity contribution in [1.29, 1.82) is 0 Å². The molecule has 0 unspecified atom stereocenters. The first-order valence-electron chi connectivity index (χ1n) is 10.4. The van der Waals surface area contributed by atoms with Gasteiger partial charge in [-0.05, 0) is 49.6 Å². The van der Waals surface area contributed by atoms with Crippen LogP contribution in [0.3, 0.4) is 0 Å². The molecule has 0 aromatic carbocycles. The standard InChI is InChI=1S/C23H24N6O/c1-3-28-10-5-11-29-22(30)19(14-26-23(28)29)20-8-7-16(15(2)27-20)12-17-13-25-21-18(17)6-4-9-24-21/h4,6-9,13-14H,3,5,10-12H2,1-2H3,(H,24,25). The summed E-state index contributed by atoms with van der Waals surface area (Å²) in [5, 5.41) is 1.12. The molecule has 0 atom stereocenters. The van der Waals surface area contributed by atoms with Gasteiger partial charge < -0.3 is 9.88 Å². The maximum absolute atomic E-state index is 13.1. The lowest BCUT2D eigenvalue weighted by Gasteiger charge is -2.29. The largest absolute Gasteiger partial charge is 0.346 e. The summed E-state index contributed by atoms with van der Waals surface area (Å²) in [6, 6.07) is 8.02. The Kier molecular flexibility index (Phi) is 4.58. The van der Waals surface area contributed by atoms with Gasteiger partial charge in [0, 0.05) is 55.7 Å². The maximum atomic E-state index is 13.1. The zero-order valence-electron chi connectivity index (χ0n) is 17.2. The fourth-order valence-corrected chi connectivity index (χ4v) is 4.22. The van der Waals surface area contributed by atoms with Gasteiger partial charge in [-0.25, -0.2) is 9.97 Å². The number of aromatic amines is 1. The fraction of sp³-hybridized carbons (Fsp3) is 0.304. The second-order valence-electron chi connectivity index (χ2n) is 7.69. The molecule has 0 bridgehead atoms. The lowest BCUT2D eigenvalue weighted by molar-refractivity contribution is 0.538. The minimum atomic E-state index is -0.0134. The van der Waals surface area contributed by atoms with Crippen LogP contribution in [0.1, 0.15) is 30.2 Å². The molecule has 1 aliphatic rings. The number of H-pyrrole nitrogens is 1. The van der Waals surface area contributed by atoms with Crippen molar-refractivity contribution in [2.24, 2.45) is 0 Å². The highest BCUT2D eigenvalue weighted by Crippen LogP contribution is 2.23. The number of rotatable bonds is 4. The number of nitrogens with zero attached hydrogens (tertiary/aromatic N) is 5. The average molecular weight is 400 g/mol. The van der Waals surface area contributed by atoms with Gasteiger partial charge in [0.25, 0.3) is 5.56 Å². The van der Waals surface area contributed by atoms with Crippen LogP contribution in [-0.4, -0.2) is 37.6 Å². The smallest absolute Gasteiger partial charge is 0.264 e. The van der Waals surface area contributed by atoms with E-state index in [1.165, 1.54) is 5.56 Å². The molecule has 4 aromatic rings. The molecule has 30 heavy (non-hydrogen) atoms. The zero-order chi connectivity index (χ0) is 20.7. The van der Waals surface area contributed by atoms with Crippen LogP contribution in [0, 0.1) is 6.92 Å². The van der Waals surface area contributed by atoms with Crippen molar-refractivity contribution in [2.75, 3.05) is 18.0 Å². The first-order chi connectivity index (χ1) is 14.7. The number of hydrogen-bond acceptors (Lipinski definition) is 5. The highest BCUT2D eigenvalue weighted by molar-refractivity contribution is 5.79. The predicted octanol–water partition coefficient (Wildman–Crippen LogP) is 3.31. The summed E-state index contributed by atoms with van der Waals surface area (Å²) >= 11 is 0.